The molecule has 2 amide bonds. The normalized spacial score (nSPS) is 27.6. The second-order valence-electron chi connectivity index (χ2n) is 5.70. The molecule has 0 radical (unpaired) electrons. The summed E-state index contributed by atoms with van der Waals surface area (Å²) in [6, 6.07) is -1.29. The molecule has 6 N–H and O–H groups in total. The van der Waals surface area contributed by atoms with E-state index in [1.807, 2.05) is 0 Å². The maximum Gasteiger partial charge on any atom is 0.326 e. The molecule has 1 aliphatic carbocycles. The van der Waals surface area contributed by atoms with Crippen molar-refractivity contribution < 1.29 is 19.5 Å². The molecular formula is C13H23N3O4. The van der Waals surface area contributed by atoms with Crippen molar-refractivity contribution in [1.82, 2.24) is 5.32 Å². The van der Waals surface area contributed by atoms with Gasteiger partial charge in [-0.05, 0) is 31.6 Å². The molecule has 0 unspecified atom stereocenters. The highest BCUT2D eigenvalue weighted by Crippen LogP contribution is 2.38. The van der Waals surface area contributed by atoms with E-state index in [0.29, 0.717) is 18.8 Å². The third-order valence-corrected chi connectivity index (χ3v) is 4.11. The maximum atomic E-state index is 12.3. The number of aliphatic carboxylic acids is 1. The second-order valence-corrected chi connectivity index (χ2v) is 5.70. The summed E-state index contributed by atoms with van der Waals surface area (Å²) in [5.41, 5.74) is 10.0. The summed E-state index contributed by atoms with van der Waals surface area (Å²) in [6.45, 7) is 2.29. The first-order valence-electron chi connectivity index (χ1n) is 6.83. The van der Waals surface area contributed by atoms with Crippen LogP contribution in [0.1, 0.15) is 39.0 Å². The summed E-state index contributed by atoms with van der Waals surface area (Å²) in [7, 11) is 0. The molecule has 1 atom stereocenters. The number of nitrogens with two attached hydrogens (primary N) is 2. The molecule has 0 aliphatic heterocycles. The number of carbonyl (C=O) groups is 3. The van der Waals surface area contributed by atoms with Crippen molar-refractivity contribution in [2.24, 2.45) is 22.8 Å². The highest BCUT2D eigenvalue weighted by atomic mass is 16.4. The highest BCUT2D eigenvalue weighted by molar-refractivity contribution is 5.90. The van der Waals surface area contributed by atoms with Crippen LogP contribution in [0.25, 0.3) is 0 Å². The topological polar surface area (TPSA) is 136 Å². The van der Waals surface area contributed by atoms with Gasteiger partial charge >= 0.3 is 5.97 Å². The number of carboxylic acids is 1. The number of primary amides is 1. The van der Waals surface area contributed by atoms with Gasteiger partial charge in [0.15, 0.2) is 0 Å². The van der Waals surface area contributed by atoms with Crippen LogP contribution in [0.15, 0.2) is 0 Å². The Kier molecular flexibility index (Phi) is 5.50. The Balaban J connectivity index is 2.75. The monoisotopic (exact) mass is 285 g/mol. The lowest BCUT2D eigenvalue weighted by Gasteiger charge is -2.37. The SMILES string of the molecule is CC1CCC(CN)(C(=O)N[C@@H](CC(N)=O)C(=O)O)CC1. The van der Waals surface area contributed by atoms with Gasteiger partial charge in [-0.2, -0.15) is 0 Å². The molecule has 7 heteroatoms. The molecule has 114 valence electrons. The number of carboxylic acid groups (broad SMARTS) is 1. The molecule has 20 heavy (non-hydrogen) atoms. The molecule has 0 heterocycles. The van der Waals surface area contributed by atoms with Gasteiger partial charge in [-0.1, -0.05) is 6.92 Å². The van der Waals surface area contributed by atoms with Crippen LogP contribution in [0.3, 0.4) is 0 Å². The Hall–Kier alpha value is -1.63. The summed E-state index contributed by atoms with van der Waals surface area (Å²) in [5, 5.41) is 11.4. The molecule has 0 aromatic heterocycles. The first kappa shape index (κ1) is 16.4. The van der Waals surface area contributed by atoms with Gasteiger partial charge in [-0.15, -0.1) is 0 Å². The van der Waals surface area contributed by atoms with Crippen LogP contribution in [0.5, 0.6) is 0 Å². The summed E-state index contributed by atoms with van der Waals surface area (Å²) < 4.78 is 0. The van der Waals surface area contributed by atoms with E-state index in [-0.39, 0.29) is 12.5 Å². The lowest BCUT2D eigenvalue weighted by atomic mass is 9.70. The predicted octanol–water partition coefficient (Wildman–Crippen LogP) is -0.414. The van der Waals surface area contributed by atoms with Gasteiger partial charge in [0.1, 0.15) is 6.04 Å². The molecular weight excluding hydrogens is 262 g/mol. The van der Waals surface area contributed by atoms with E-state index in [9.17, 15) is 14.4 Å². The van der Waals surface area contributed by atoms with Gasteiger partial charge < -0.3 is 21.9 Å². The Morgan fingerprint density at radius 2 is 1.90 bits per heavy atom. The Morgan fingerprint density at radius 3 is 2.30 bits per heavy atom. The van der Waals surface area contributed by atoms with Crippen molar-refractivity contribution in [3.8, 4) is 0 Å². The number of rotatable bonds is 6. The minimum absolute atomic E-state index is 0.175. The molecule has 0 spiro atoms. The molecule has 1 saturated carbocycles. The average molecular weight is 285 g/mol. The zero-order valence-corrected chi connectivity index (χ0v) is 11.7. The van der Waals surface area contributed by atoms with Crippen LogP contribution < -0.4 is 16.8 Å². The molecule has 0 saturated heterocycles. The van der Waals surface area contributed by atoms with E-state index in [1.54, 1.807) is 0 Å². The maximum absolute atomic E-state index is 12.3. The third-order valence-electron chi connectivity index (χ3n) is 4.11. The van der Waals surface area contributed by atoms with Gasteiger partial charge in [0.25, 0.3) is 0 Å². The van der Waals surface area contributed by atoms with Crippen molar-refractivity contribution in [2.45, 2.75) is 45.1 Å². The standard InChI is InChI=1S/C13H23N3O4/c1-8-2-4-13(7-14,5-3-8)12(20)16-9(11(18)19)6-10(15)17/h8-9H,2-7,14H2,1H3,(H2,15,17)(H,16,20)(H,18,19)/t8?,9-,13?/m0/s1. The van der Waals surface area contributed by atoms with Crippen LogP contribution >= 0.6 is 0 Å². The van der Waals surface area contributed by atoms with Gasteiger partial charge in [-0.3, -0.25) is 9.59 Å². The Morgan fingerprint density at radius 1 is 1.35 bits per heavy atom. The molecule has 0 bridgehead atoms. The van der Waals surface area contributed by atoms with Crippen molar-refractivity contribution in [1.29, 1.82) is 0 Å². The van der Waals surface area contributed by atoms with Crippen molar-refractivity contribution in [3.05, 3.63) is 0 Å². The van der Waals surface area contributed by atoms with Gasteiger partial charge in [0.2, 0.25) is 11.8 Å². The first-order chi connectivity index (χ1) is 9.30. The van der Waals surface area contributed by atoms with Gasteiger partial charge in [-0.25, -0.2) is 4.79 Å². The number of hydrogen-bond acceptors (Lipinski definition) is 4. The summed E-state index contributed by atoms with van der Waals surface area (Å²) in [5.74, 6) is -1.88. The van der Waals surface area contributed by atoms with Crippen molar-refractivity contribution >= 4 is 17.8 Å². The molecule has 0 aromatic carbocycles. The number of hydrogen-bond donors (Lipinski definition) is 4. The Labute approximate surface area is 118 Å². The van der Waals surface area contributed by atoms with E-state index < -0.39 is 29.8 Å². The van der Waals surface area contributed by atoms with Crippen LogP contribution in [-0.4, -0.2) is 35.5 Å². The third kappa shape index (κ3) is 3.93. The fourth-order valence-electron chi connectivity index (χ4n) is 2.55. The second kappa shape index (κ2) is 6.69. The molecule has 1 aliphatic rings. The average Bonchev–Trinajstić information content (AvgIpc) is 2.38. The minimum Gasteiger partial charge on any atom is -0.480 e. The van der Waals surface area contributed by atoms with Crippen LogP contribution in [0, 0.1) is 11.3 Å². The Bertz CT molecular complexity index is 389. The van der Waals surface area contributed by atoms with Crippen LogP contribution in [-0.2, 0) is 14.4 Å². The van der Waals surface area contributed by atoms with E-state index in [1.165, 1.54) is 0 Å². The van der Waals surface area contributed by atoms with E-state index in [0.717, 1.165) is 12.8 Å². The predicted molar refractivity (Wildman–Crippen MR) is 72.5 cm³/mol. The quantitative estimate of drug-likeness (QED) is 0.526. The lowest BCUT2D eigenvalue weighted by molar-refractivity contribution is -0.145. The van der Waals surface area contributed by atoms with Crippen LogP contribution in [0.2, 0.25) is 0 Å². The lowest BCUT2D eigenvalue weighted by Crippen LogP contribution is -2.53. The van der Waals surface area contributed by atoms with Crippen LogP contribution in [0.4, 0.5) is 0 Å². The number of amides is 2. The number of carbonyl (C=O) groups excluding carboxylic acids is 2. The zero-order chi connectivity index (χ0) is 15.3. The van der Waals surface area contributed by atoms with Gasteiger partial charge in [0, 0.05) is 6.54 Å². The van der Waals surface area contributed by atoms with E-state index >= 15 is 0 Å². The zero-order valence-electron chi connectivity index (χ0n) is 11.7. The number of nitrogens with one attached hydrogen (secondary N) is 1. The van der Waals surface area contributed by atoms with Crippen molar-refractivity contribution in [3.63, 3.8) is 0 Å². The molecule has 1 rings (SSSR count). The fraction of sp³-hybridized carbons (Fsp3) is 0.769. The molecule has 7 nitrogen and oxygen atoms in total. The first-order valence-corrected chi connectivity index (χ1v) is 6.83. The summed E-state index contributed by atoms with van der Waals surface area (Å²) in [6.07, 6.45) is 2.63. The largest absolute Gasteiger partial charge is 0.480 e. The van der Waals surface area contributed by atoms with Crippen molar-refractivity contribution in [2.75, 3.05) is 6.54 Å². The highest BCUT2D eigenvalue weighted by Gasteiger charge is 2.41. The van der Waals surface area contributed by atoms with Gasteiger partial charge in [0.05, 0.1) is 11.8 Å². The summed E-state index contributed by atoms with van der Waals surface area (Å²) in [4.78, 5) is 34.2. The van der Waals surface area contributed by atoms with E-state index in [2.05, 4.69) is 12.2 Å². The molecule has 1 fully saturated rings. The fourth-order valence-corrected chi connectivity index (χ4v) is 2.55. The summed E-state index contributed by atoms with van der Waals surface area (Å²) >= 11 is 0. The minimum atomic E-state index is -1.29. The van der Waals surface area contributed by atoms with E-state index in [4.69, 9.17) is 16.6 Å². The molecule has 0 aromatic rings. The smallest absolute Gasteiger partial charge is 0.326 e.